The van der Waals surface area contributed by atoms with Gasteiger partial charge in [0.05, 0.1) is 0 Å². The average molecular weight is 307 g/mol. The van der Waals surface area contributed by atoms with Crippen LogP contribution in [-0.4, -0.2) is 52.4 Å². The van der Waals surface area contributed by atoms with Crippen LogP contribution in [-0.2, 0) is 4.79 Å². The fourth-order valence-electron chi connectivity index (χ4n) is 2.70. The predicted molar refractivity (Wildman–Crippen MR) is 84.3 cm³/mol. The molecule has 0 aliphatic carbocycles. The second kappa shape index (κ2) is 6.67. The quantitative estimate of drug-likeness (QED) is 0.870. The molecule has 1 heterocycles. The minimum atomic E-state index is -1.69. The summed E-state index contributed by atoms with van der Waals surface area (Å²) in [4.78, 5) is 13.0. The maximum atomic E-state index is 11.0. The van der Waals surface area contributed by atoms with Gasteiger partial charge in [-0.1, -0.05) is 12.1 Å². The highest BCUT2D eigenvalue weighted by molar-refractivity contribution is 5.76. The van der Waals surface area contributed by atoms with E-state index >= 15 is 0 Å². The number of β-amino-alcohol motifs (C(OH)–C–C–N with tert-alkyl or cyclic N) is 1. The molecule has 1 aromatic rings. The van der Waals surface area contributed by atoms with E-state index in [2.05, 4.69) is 18.2 Å². The summed E-state index contributed by atoms with van der Waals surface area (Å²) in [5.41, 5.74) is 0.610. The van der Waals surface area contributed by atoms with Crippen LogP contribution >= 0.6 is 0 Å². The first-order valence-corrected chi connectivity index (χ1v) is 7.70. The van der Waals surface area contributed by atoms with E-state index in [1.54, 1.807) is 0 Å². The summed E-state index contributed by atoms with van der Waals surface area (Å²) >= 11 is 0. The zero-order chi connectivity index (χ0) is 16.3. The standard InChI is InChI=1S/C17H25NO4/c1-12-4-5-13(2)15(10-12)22-14-6-8-18(9-7-14)11-17(3,21)16(19)20/h4-5,10,14,21H,6-9,11H2,1-3H3,(H,19,20). The summed E-state index contributed by atoms with van der Waals surface area (Å²) in [5.74, 6) is -0.253. The van der Waals surface area contributed by atoms with Crippen molar-refractivity contribution < 1.29 is 19.7 Å². The smallest absolute Gasteiger partial charge is 0.336 e. The second-order valence-electron chi connectivity index (χ2n) is 6.44. The molecule has 1 saturated heterocycles. The third kappa shape index (κ3) is 4.21. The molecule has 1 aromatic carbocycles. The van der Waals surface area contributed by atoms with Crippen molar-refractivity contribution in [2.75, 3.05) is 19.6 Å². The van der Waals surface area contributed by atoms with Gasteiger partial charge in [0.2, 0.25) is 0 Å². The van der Waals surface area contributed by atoms with Crippen LogP contribution in [0, 0.1) is 13.8 Å². The molecule has 2 N–H and O–H groups in total. The molecule has 0 spiro atoms. The van der Waals surface area contributed by atoms with Crippen molar-refractivity contribution in [3.63, 3.8) is 0 Å². The molecule has 1 aliphatic rings. The Morgan fingerprint density at radius 3 is 2.59 bits per heavy atom. The molecular formula is C17H25NO4. The predicted octanol–water partition coefficient (Wildman–Crippen LogP) is 1.98. The molecular weight excluding hydrogens is 282 g/mol. The zero-order valence-electron chi connectivity index (χ0n) is 13.5. The van der Waals surface area contributed by atoms with E-state index in [4.69, 9.17) is 9.84 Å². The summed E-state index contributed by atoms with van der Waals surface area (Å²) in [6, 6.07) is 6.18. The molecule has 122 valence electrons. The van der Waals surface area contributed by atoms with E-state index in [1.807, 2.05) is 18.7 Å². The number of nitrogens with zero attached hydrogens (tertiary/aromatic N) is 1. The van der Waals surface area contributed by atoms with E-state index in [0.717, 1.165) is 37.2 Å². The van der Waals surface area contributed by atoms with Crippen molar-refractivity contribution in [1.29, 1.82) is 0 Å². The Balaban J connectivity index is 1.87. The van der Waals surface area contributed by atoms with Gasteiger partial charge < -0.3 is 14.9 Å². The summed E-state index contributed by atoms with van der Waals surface area (Å²) in [6.07, 6.45) is 1.82. The van der Waals surface area contributed by atoms with Crippen molar-refractivity contribution in [3.8, 4) is 5.75 Å². The van der Waals surface area contributed by atoms with E-state index in [9.17, 15) is 9.90 Å². The minimum Gasteiger partial charge on any atom is -0.490 e. The number of aliphatic carboxylic acids is 1. The summed E-state index contributed by atoms with van der Waals surface area (Å²) in [6.45, 7) is 7.04. The Kier molecular flexibility index (Phi) is 5.08. The van der Waals surface area contributed by atoms with Crippen LogP contribution in [0.5, 0.6) is 5.75 Å². The maximum absolute atomic E-state index is 11.0. The van der Waals surface area contributed by atoms with Gasteiger partial charge in [-0.2, -0.15) is 0 Å². The first-order chi connectivity index (χ1) is 10.3. The van der Waals surface area contributed by atoms with Crippen molar-refractivity contribution in [2.24, 2.45) is 0 Å². The number of carbonyl (C=O) groups is 1. The Bertz CT molecular complexity index is 533. The molecule has 1 unspecified atom stereocenters. The molecule has 1 fully saturated rings. The number of ether oxygens (including phenoxy) is 1. The van der Waals surface area contributed by atoms with Gasteiger partial charge in [0.1, 0.15) is 11.9 Å². The SMILES string of the molecule is Cc1ccc(C)c(OC2CCN(CC(C)(O)C(=O)O)CC2)c1. The fraction of sp³-hybridized carbons (Fsp3) is 0.588. The Morgan fingerprint density at radius 1 is 1.36 bits per heavy atom. The van der Waals surface area contributed by atoms with Crippen molar-refractivity contribution >= 4 is 5.97 Å². The van der Waals surface area contributed by atoms with Gasteiger partial charge in [0, 0.05) is 19.6 Å². The van der Waals surface area contributed by atoms with E-state index in [1.165, 1.54) is 12.5 Å². The molecule has 0 saturated carbocycles. The van der Waals surface area contributed by atoms with Crippen LogP contribution < -0.4 is 4.74 Å². The number of benzene rings is 1. The number of hydrogen-bond acceptors (Lipinski definition) is 4. The molecule has 2 rings (SSSR count). The monoisotopic (exact) mass is 307 g/mol. The molecule has 0 radical (unpaired) electrons. The Hall–Kier alpha value is -1.59. The van der Waals surface area contributed by atoms with Crippen LogP contribution in [0.3, 0.4) is 0 Å². The van der Waals surface area contributed by atoms with Crippen LogP contribution in [0.25, 0.3) is 0 Å². The third-order valence-corrected chi connectivity index (χ3v) is 4.16. The van der Waals surface area contributed by atoms with Gasteiger partial charge >= 0.3 is 5.97 Å². The maximum Gasteiger partial charge on any atom is 0.336 e. The Labute approximate surface area is 131 Å². The lowest BCUT2D eigenvalue weighted by atomic mass is 10.0. The lowest BCUT2D eigenvalue weighted by molar-refractivity contribution is -0.158. The third-order valence-electron chi connectivity index (χ3n) is 4.16. The van der Waals surface area contributed by atoms with Crippen LogP contribution in [0.15, 0.2) is 18.2 Å². The van der Waals surface area contributed by atoms with E-state index < -0.39 is 11.6 Å². The molecule has 0 amide bonds. The van der Waals surface area contributed by atoms with E-state index in [-0.39, 0.29) is 12.6 Å². The van der Waals surface area contributed by atoms with Gasteiger partial charge in [0.15, 0.2) is 5.60 Å². The zero-order valence-corrected chi connectivity index (χ0v) is 13.5. The van der Waals surface area contributed by atoms with Crippen molar-refractivity contribution in [2.45, 2.75) is 45.3 Å². The van der Waals surface area contributed by atoms with Crippen LogP contribution in [0.2, 0.25) is 0 Å². The van der Waals surface area contributed by atoms with Crippen molar-refractivity contribution in [3.05, 3.63) is 29.3 Å². The summed E-state index contributed by atoms with van der Waals surface area (Å²) in [5, 5.41) is 18.8. The molecule has 22 heavy (non-hydrogen) atoms. The first-order valence-electron chi connectivity index (χ1n) is 7.70. The molecule has 5 heteroatoms. The van der Waals surface area contributed by atoms with Crippen molar-refractivity contribution in [1.82, 2.24) is 4.90 Å². The van der Waals surface area contributed by atoms with Gasteiger partial charge in [0.25, 0.3) is 0 Å². The lowest BCUT2D eigenvalue weighted by Crippen LogP contribution is -2.50. The number of likely N-dealkylation sites (tertiary alicyclic amines) is 1. The van der Waals surface area contributed by atoms with Gasteiger partial charge in [-0.15, -0.1) is 0 Å². The highest BCUT2D eigenvalue weighted by Gasteiger charge is 2.34. The number of piperidine rings is 1. The van der Waals surface area contributed by atoms with Gasteiger partial charge in [-0.3, -0.25) is 4.90 Å². The summed E-state index contributed by atoms with van der Waals surface area (Å²) in [7, 11) is 0. The Morgan fingerprint density at radius 2 is 2.00 bits per heavy atom. The molecule has 1 aliphatic heterocycles. The number of rotatable bonds is 5. The van der Waals surface area contributed by atoms with Crippen LogP contribution in [0.1, 0.15) is 30.9 Å². The largest absolute Gasteiger partial charge is 0.490 e. The van der Waals surface area contributed by atoms with E-state index in [0.29, 0.717) is 0 Å². The number of carboxylic acids is 1. The highest BCUT2D eigenvalue weighted by Crippen LogP contribution is 2.24. The fourth-order valence-corrected chi connectivity index (χ4v) is 2.70. The highest BCUT2D eigenvalue weighted by atomic mass is 16.5. The first kappa shape index (κ1) is 16.8. The number of aryl methyl sites for hydroxylation is 2. The minimum absolute atomic E-state index is 0.145. The van der Waals surface area contributed by atoms with Gasteiger partial charge in [-0.25, -0.2) is 4.79 Å². The second-order valence-corrected chi connectivity index (χ2v) is 6.44. The molecule has 1 atom stereocenters. The van der Waals surface area contributed by atoms with Crippen LogP contribution in [0.4, 0.5) is 0 Å². The number of hydrogen-bond donors (Lipinski definition) is 2. The number of carboxylic acid groups (broad SMARTS) is 1. The molecule has 0 bridgehead atoms. The molecule has 5 nitrogen and oxygen atoms in total. The topological polar surface area (TPSA) is 70.0 Å². The average Bonchev–Trinajstić information content (AvgIpc) is 2.44. The number of aliphatic hydroxyl groups is 1. The van der Waals surface area contributed by atoms with Gasteiger partial charge in [-0.05, 0) is 50.8 Å². The molecule has 0 aromatic heterocycles. The summed E-state index contributed by atoms with van der Waals surface area (Å²) < 4.78 is 6.09. The lowest BCUT2D eigenvalue weighted by Gasteiger charge is -2.35. The normalized spacial score (nSPS) is 19.6.